The van der Waals surface area contributed by atoms with Crippen molar-refractivity contribution in [2.24, 2.45) is 0 Å². The molecular weight excluding hydrogens is 360 g/mol. The zero-order valence-electron chi connectivity index (χ0n) is 14.9. The van der Waals surface area contributed by atoms with Gasteiger partial charge >= 0.3 is 0 Å². The smallest absolute Gasteiger partial charge is 0.138 e. The maximum atomic E-state index is 4.15. The number of halogens is 1. The SMILES string of the molecule is CC(NCc1ccc(-n2ccnc2)cc1)c1ccc(-n2cncn2)cc1.Cl. The number of imidazole rings is 1. The average Bonchev–Trinajstić information content (AvgIpc) is 3.40. The van der Waals surface area contributed by atoms with Crippen LogP contribution < -0.4 is 5.32 Å². The second kappa shape index (κ2) is 8.62. The van der Waals surface area contributed by atoms with E-state index < -0.39 is 0 Å². The lowest BCUT2D eigenvalue weighted by Gasteiger charge is -2.15. The van der Waals surface area contributed by atoms with Gasteiger partial charge in [0.15, 0.2) is 0 Å². The molecule has 7 heteroatoms. The summed E-state index contributed by atoms with van der Waals surface area (Å²) in [7, 11) is 0. The topological polar surface area (TPSA) is 60.6 Å². The Morgan fingerprint density at radius 3 is 2.30 bits per heavy atom. The van der Waals surface area contributed by atoms with Gasteiger partial charge in [-0.1, -0.05) is 24.3 Å². The number of aromatic nitrogens is 5. The molecule has 0 aliphatic heterocycles. The first-order valence-corrected chi connectivity index (χ1v) is 8.55. The van der Waals surface area contributed by atoms with E-state index in [4.69, 9.17) is 0 Å². The summed E-state index contributed by atoms with van der Waals surface area (Å²) in [4.78, 5) is 8.05. The van der Waals surface area contributed by atoms with Crippen LogP contribution in [0.4, 0.5) is 0 Å². The molecule has 2 aromatic heterocycles. The van der Waals surface area contributed by atoms with Crippen LogP contribution in [0.3, 0.4) is 0 Å². The van der Waals surface area contributed by atoms with Crippen molar-refractivity contribution in [1.29, 1.82) is 0 Å². The second-order valence-corrected chi connectivity index (χ2v) is 6.17. The van der Waals surface area contributed by atoms with Gasteiger partial charge in [0.2, 0.25) is 0 Å². The third kappa shape index (κ3) is 4.42. The fourth-order valence-electron chi connectivity index (χ4n) is 2.84. The lowest BCUT2D eigenvalue weighted by atomic mass is 10.1. The first kappa shape index (κ1) is 18.8. The number of nitrogens with one attached hydrogen (secondary N) is 1. The Labute approximate surface area is 164 Å². The molecule has 0 aliphatic carbocycles. The van der Waals surface area contributed by atoms with E-state index in [2.05, 4.69) is 75.8 Å². The Kier molecular flexibility index (Phi) is 6.01. The summed E-state index contributed by atoms with van der Waals surface area (Å²) < 4.78 is 3.75. The maximum absolute atomic E-state index is 4.15. The van der Waals surface area contributed by atoms with Crippen molar-refractivity contribution in [1.82, 2.24) is 29.6 Å². The predicted octanol–water partition coefficient (Wildman–Crippen LogP) is 3.73. The molecule has 6 nitrogen and oxygen atoms in total. The van der Waals surface area contributed by atoms with E-state index in [1.54, 1.807) is 23.5 Å². The molecule has 2 heterocycles. The Morgan fingerprint density at radius 2 is 1.67 bits per heavy atom. The number of rotatable bonds is 6. The standard InChI is InChI=1S/C20H20N6.ClH/c1-16(18-4-8-20(9-5-18)26-15-22-13-24-26)23-12-17-2-6-19(7-3-17)25-11-10-21-14-25;/h2-11,13-16,23H,12H2,1H3;1H. The van der Waals surface area contributed by atoms with Gasteiger partial charge < -0.3 is 9.88 Å². The predicted molar refractivity (Wildman–Crippen MR) is 107 cm³/mol. The van der Waals surface area contributed by atoms with Gasteiger partial charge in [0.1, 0.15) is 12.7 Å². The van der Waals surface area contributed by atoms with Crippen molar-refractivity contribution in [2.75, 3.05) is 0 Å². The normalized spacial score (nSPS) is 11.7. The summed E-state index contributed by atoms with van der Waals surface area (Å²) in [6.45, 7) is 2.99. The minimum atomic E-state index is 0. The molecule has 0 saturated heterocycles. The molecule has 27 heavy (non-hydrogen) atoms. The van der Waals surface area contributed by atoms with Crippen LogP contribution in [0, 0.1) is 0 Å². The van der Waals surface area contributed by atoms with Crippen molar-refractivity contribution in [3.63, 3.8) is 0 Å². The molecule has 0 saturated carbocycles. The van der Waals surface area contributed by atoms with Crippen molar-refractivity contribution >= 4 is 12.4 Å². The largest absolute Gasteiger partial charge is 0.306 e. The average molecular weight is 381 g/mol. The third-order valence-electron chi connectivity index (χ3n) is 4.43. The Hall–Kier alpha value is -2.96. The quantitative estimate of drug-likeness (QED) is 0.553. The van der Waals surface area contributed by atoms with Crippen LogP contribution >= 0.6 is 12.4 Å². The second-order valence-electron chi connectivity index (χ2n) is 6.17. The molecule has 0 bridgehead atoms. The lowest BCUT2D eigenvalue weighted by molar-refractivity contribution is 0.574. The summed E-state index contributed by atoms with van der Waals surface area (Å²) in [5.41, 5.74) is 4.61. The number of hydrogen-bond donors (Lipinski definition) is 1. The van der Waals surface area contributed by atoms with Crippen LogP contribution in [-0.2, 0) is 6.54 Å². The highest BCUT2D eigenvalue weighted by molar-refractivity contribution is 5.85. The molecule has 4 rings (SSSR count). The molecule has 0 fully saturated rings. The van der Waals surface area contributed by atoms with Gasteiger partial charge in [0.25, 0.3) is 0 Å². The minimum Gasteiger partial charge on any atom is -0.306 e. The van der Waals surface area contributed by atoms with E-state index in [1.165, 1.54) is 17.5 Å². The van der Waals surface area contributed by atoms with Crippen LogP contribution in [0.15, 0.2) is 79.9 Å². The zero-order valence-corrected chi connectivity index (χ0v) is 15.8. The molecule has 1 atom stereocenters. The van der Waals surface area contributed by atoms with Gasteiger partial charge in [-0.3, -0.25) is 0 Å². The Balaban J connectivity index is 0.00000210. The molecule has 1 N–H and O–H groups in total. The van der Waals surface area contributed by atoms with Gasteiger partial charge in [-0.25, -0.2) is 14.6 Å². The van der Waals surface area contributed by atoms with Gasteiger partial charge in [0, 0.05) is 30.7 Å². The fraction of sp³-hybridized carbons (Fsp3) is 0.150. The van der Waals surface area contributed by atoms with Crippen molar-refractivity contribution in [3.8, 4) is 11.4 Å². The monoisotopic (exact) mass is 380 g/mol. The van der Waals surface area contributed by atoms with Crippen LogP contribution in [0.1, 0.15) is 24.1 Å². The van der Waals surface area contributed by atoms with Crippen molar-refractivity contribution in [3.05, 3.63) is 91.0 Å². The van der Waals surface area contributed by atoms with Gasteiger partial charge in [-0.2, -0.15) is 5.10 Å². The molecule has 0 amide bonds. The highest BCUT2D eigenvalue weighted by Crippen LogP contribution is 2.16. The molecule has 0 radical (unpaired) electrons. The summed E-state index contributed by atoms with van der Waals surface area (Å²) in [6, 6.07) is 17.1. The third-order valence-corrected chi connectivity index (χ3v) is 4.43. The molecule has 0 spiro atoms. The highest BCUT2D eigenvalue weighted by atomic mass is 35.5. The van der Waals surface area contributed by atoms with E-state index in [9.17, 15) is 0 Å². The molecule has 0 aliphatic rings. The van der Waals surface area contributed by atoms with E-state index >= 15 is 0 Å². The Morgan fingerprint density at radius 1 is 0.926 bits per heavy atom. The minimum absolute atomic E-state index is 0. The van der Waals surface area contributed by atoms with Gasteiger partial charge in [-0.15, -0.1) is 12.4 Å². The lowest BCUT2D eigenvalue weighted by Crippen LogP contribution is -2.18. The van der Waals surface area contributed by atoms with E-state index in [0.29, 0.717) is 0 Å². The summed E-state index contributed by atoms with van der Waals surface area (Å²) >= 11 is 0. The molecular formula is C20H21ClN6. The van der Waals surface area contributed by atoms with Crippen LogP contribution in [0.2, 0.25) is 0 Å². The summed E-state index contributed by atoms with van der Waals surface area (Å²) in [5.74, 6) is 0. The number of hydrogen-bond acceptors (Lipinski definition) is 4. The highest BCUT2D eigenvalue weighted by Gasteiger charge is 2.06. The zero-order chi connectivity index (χ0) is 17.8. The molecule has 2 aromatic carbocycles. The first-order valence-electron chi connectivity index (χ1n) is 8.55. The Bertz CT molecular complexity index is 931. The van der Waals surface area contributed by atoms with E-state index in [1.807, 2.05) is 10.8 Å². The van der Waals surface area contributed by atoms with Crippen LogP contribution in [0.5, 0.6) is 0 Å². The van der Waals surface area contributed by atoms with E-state index in [-0.39, 0.29) is 18.4 Å². The first-order chi connectivity index (χ1) is 12.8. The number of benzene rings is 2. The van der Waals surface area contributed by atoms with Crippen molar-refractivity contribution < 1.29 is 0 Å². The fourth-order valence-corrected chi connectivity index (χ4v) is 2.84. The number of nitrogens with zero attached hydrogens (tertiary/aromatic N) is 5. The maximum Gasteiger partial charge on any atom is 0.138 e. The van der Waals surface area contributed by atoms with Crippen LogP contribution in [0.25, 0.3) is 11.4 Å². The molecule has 138 valence electrons. The molecule has 4 aromatic rings. The van der Waals surface area contributed by atoms with E-state index in [0.717, 1.165) is 17.9 Å². The summed E-state index contributed by atoms with van der Waals surface area (Å²) in [5, 5.41) is 7.72. The summed E-state index contributed by atoms with van der Waals surface area (Å²) in [6.07, 6.45) is 8.77. The molecule has 1 unspecified atom stereocenters. The van der Waals surface area contributed by atoms with Gasteiger partial charge in [-0.05, 0) is 42.3 Å². The van der Waals surface area contributed by atoms with Crippen LogP contribution in [-0.4, -0.2) is 24.3 Å². The van der Waals surface area contributed by atoms with Gasteiger partial charge in [0.05, 0.1) is 12.0 Å². The van der Waals surface area contributed by atoms with Crippen molar-refractivity contribution in [2.45, 2.75) is 19.5 Å².